The molecule has 1 rings (SSSR count). The fourth-order valence-corrected chi connectivity index (χ4v) is 3.25. The first-order valence-electron chi connectivity index (χ1n) is 6.28. The summed E-state index contributed by atoms with van der Waals surface area (Å²) in [5.41, 5.74) is 5.27. The number of nitrogens with two attached hydrogens (primary N) is 1. The van der Waals surface area contributed by atoms with Crippen LogP contribution in [0.5, 0.6) is 5.75 Å². The van der Waals surface area contributed by atoms with E-state index in [1.807, 2.05) is 6.92 Å². The van der Waals surface area contributed by atoms with Gasteiger partial charge in [0.15, 0.2) is 0 Å². The van der Waals surface area contributed by atoms with Crippen LogP contribution in [0.4, 0.5) is 0 Å². The van der Waals surface area contributed by atoms with Crippen LogP contribution in [0.15, 0.2) is 29.2 Å². The number of sulfonamides is 1. The van der Waals surface area contributed by atoms with Crippen molar-refractivity contribution in [1.29, 1.82) is 0 Å². The van der Waals surface area contributed by atoms with Crippen LogP contribution >= 0.6 is 0 Å². The number of nitrogens with one attached hydrogen (secondary N) is 1. The molecule has 0 aliphatic rings. The molecule has 0 radical (unpaired) electrons. The number of hydrogen-bond donors (Lipinski definition) is 2. The number of para-hydroxylation sites is 1. The maximum Gasteiger partial charge on any atom is 0.244 e. The van der Waals surface area contributed by atoms with E-state index >= 15 is 0 Å². The van der Waals surface area contributed by atoms with Crippen LogP contribution in [-0.4, -0.2) is 27.5 Å². The second-order valence-electron chi connectivity index (χ2n) is 4.54. The van der Waals surface area contributed by atoms with Crippen LogP contribution < -0.4 is 15.2 Å². The molecular weight excluding hydrogens is 280 g/mol. The third-order valence-corrected chi connectivity index (χ3v) is 4.64. The van der Waals surface area contributed by atoms with Crippen molar-refractivity contribution >= 4 is 15.9 Å². The number of ether oxygens (including phenoxy) is 1. The van der Waals surface area contributed by atoms with E-state index in [9.17, 15) is 13.2 Å². The van der Waals surface area contributed by atoms with Crippen LogP contribution in [0, 0.1) is 5.92 Å². The molecule has 0 spiro atoms. The smallest absolute Gasteiger partial charge is 0.244 e. The van der Waals surface area contributed by atoms with Crippen molar-refractivity contribution in [1.82, 2.24) is 4.72 Å². The third kappa shape index (κ3) is 3.71. The highest BCUT2D eigenvalue weighted by Crippen LogP contribution is 2.23. The van der Waals surface area contributed by atoms with Gasteiger partial charge in [0.2, 0.25) is 15.9 Å². The summed E-state index contributed by atoms with van der Waals surface area (Å²) in [5.74, 6) is -0.679. The molecule has 1 amide bonds. The number of carbonyl (C=O) groups excluding carboxylic acids is 1. The molecule has 0 aliphatic carbocycles. The Labute approximate surface area is 119 Å². The largest absolute Gasteiger partial charge is 0.495 e. The maximum atomic E-state index is 12.3. The van der Waals surface area contributed by atoms with Crippen molar-refractivity contribution in [2.24, 2.45) is 11.7 Å². The molecule has 0 aromatic heterocycles. The molecule has 0 fully saturated rings. The fraction of sp³-hybridized carbons (Fsp3) is 0.462. The number of benzene rings is 1. The van der Waals surface area contributed by atoms with E-state index in [-0.39, 0.29) is 16.6 Å². The van der Waals surface area contributed by atoms with Gasteiger partial charge in [-0.25, -0.2) is 8.42 Å². The Morgan fingerprint density at radius 2 is 2.00 bits per heavy atom. The lowest BCUT2D eigenvalue weighted by Crippen LogP contribution is -2.48. The van der Waals surface area contributed by atoms with Gasteiger partial charge in [0, 0.05) is 0 Å². The van der Waals surface area contributed by atoms with E-state index < -0.39 is 22.0 Å². The summed E-state index contributed by atoms with van der Waals surface area (Å²) in [6, 6.07) is 5.25. The normalized spacial score (nSPS) is 14.6. The Morgan fingerprint density at radius 3 is 2.50 bits per heavy atom. The molecule has 7 heteroatoms. The molecule has 112 valence electrons. The standard InChI is InChI=1S/C13H20N2O4S/c1-4-9(2)12(13(14)16)15-20(17,18)11-8-6-5-7-10(11)19-3/h5-9,12,15H,4H2,1-3H3,(H2,14,16). The molecule has 1 aromatic rings. The third-order valence-electron chi connectivity index (χ3n) is 3.16. The van der Waals surface area contributed by atoms with E-state index in [1.54, 1.807) is 19.1 Å². The number of amides is 1. The monoisotopic (exact) mass is 300 g/mol. The van der Waals surface area contributed by atoms with Crippen molar-refractivity contribution < 1.29 is 17.9 Å². The van der Waals surface area contributed by atoms with E-state index in [0.717, 1.165) is 0 Å². The van der Waals surface area contributed by atoms with Crippen molar-refractivity contribution in [2.45, 2.75) is 31.2 Å². The molecule has 2 unspecified atom stereocenters. The molecule has 0 saturated heterocycles. The van der Waals surface area contributed by atoms with Gasteiger partial charge in [-0.15, -0.1) is 0 Å². The summed E-state index contributed by atoms with van der Waals surface area (Å²) in [6.07, 6.45) is 0.627. The topological polar surface area (TPSA) is 98.5 Å². The number of carbonyl (C=O) groups is 1. The van der Waals surface area contributed by atoms with Gasteiger partial charge in [0.1, 0.15) is 16.7 Å². The average Bonchev–Trinajstić information content (AvgIpc) is 2.43. The second-order valence-corrected chi connectivity index (χ2v) is 6.22. The van der Waals surface area contributed by atoms with E-state index in [1.165, 1.54) is 19.2 Å². The lowest BCUT2D eigenvalue weighted by Gasteiger charge is -2.21. The molecule has 0 aliphatic heterocycles. The van der Waals surface area contributed by atoms with Crippen LogP contribution in [0.25, 0.3) is 0 Å². The van der Waals surface area contributed by atoms with Gasteiger partial charge in [0.05, 0.1) is 7.11 Å². The molecule has 3 N–H and O–H groups in total. The lowest BCUT2D eigenvalue weighted by atomic mass is 10.00. The van der Waals surface area contributed by atoms with Gasteiger partial charge in [-0.05, 0) is 18.1 Å². The minimum atomic E-state index is -3.88. The highest BCUT2D eigenvalue weighted by Gasteiger charge is 2.29. The van der Waals surface area contributed by atoms with Crippen molar-refractivity contribution in [3.8, 4) is 5.75 Å². The number of primary amides is 1. The minimum absolute atomic E-state index is 0.0166. The second kappa shape index (κ2) is 6.71. The molecular formula is C13H20N2O4S. The fourth-order valence-electron chi connectivity index (χ4n) is 1.76. The van der Waals surface area contributed by atoms with Gasteiger partial charge < -0.3 is 10.5 Å². The van der Waals surface area contributed by atoms with E-state index in [2.05, 4.69) is 4.72 Å². The lowest BCUT2D eigenvalue weighted by molar-refractivity contribution is -0.120. The van der Waals surface area contributed by atoms with Gasteiger partial charge in [-0.2, -0.15) is 4.72 Å². The zero-order valence-electron chi connectivity index (χ0n) is 11.8. The Balaban J connectivity index is 3.13. The van der Waals surface area contributed by atoms with Crippen molar-refractivity contribution in [3.05, 3.63) is 24.3 Å². The van der Waals surface area contributed by atoms with Crippen LogP contribution in [0.2, 0.25) is 0 Å². The molecule has 6 nitrogen and oxygen atoms in total. The van der Waals surface area contributed by atoms with Crippen LogP contribution in [0.3, 0.4) is 0 Å². The number of hydrogen-bond acceptors (Lipinski definition) is 4. The highest BCUT2D eigenvalue weighted by molar-refractivity contribution is 7.89. The van der Waals surface area contributed by atoms with Crippen molar-refractivity contribution in [2.75, 3.05) is 7.11 Å². The molecule has 0 saturated carbocycles. The van der Waals surface area contributed by atoms with Crippen LogP contribution in [0.1, 0.15) is 20.3 Å². The van der Waals surface area contributed by atoms with Crippen LogP contribution in [-0.2, 0) is 14.8 Å². The summed E-state index contributed by atoms with van der Waals surface area (Å²) < 4.78 is 32.1. The quantitative estimate of drug-likeness (QED) is 0.780. The molecule has 0 bridgehead atoms. The number of rotatable bonds is 7. The predicted molar refractivity (Wildman–Crippen MR) is 75.8 cm³/mol. The van der Waals surface area contributed by atoms with E-state index in [0.29, 0.717) is 6.42 Å². The van der Waals surface area contributed by atoms with Gasteiger partial charge >= 0.3 is 0 Å². The minimum Gasteiger partial charge on any atom is -0.495 e. The highest BCUT2D eigenvalue weighted by atomic mass is 32.2. The predicted octanol–water partition coefficient (Wildman–Crippen LogP) is 0.873. The molecule has 2 atom stereocenters. The maximum absolute atomic E-state index is 12.3. The Bertz CT molecular complexity index is 571. The summed E-state index contributed by atoms with van der Waals surface area (Å²) in [4.78, 5) is 11.4. The first kappa shape index (κ1) is 16.5. The Morgan fingerprint density at radius 1 is 1.40 bits per heavy atom. The SMILES string of the molecule is CCC(C)C(NS(=O)(=O)c1ccccc1OC)C(N)=O. The average molecular weight is 300 g/mol. The zero-order valence-corrected chi connectivity index (χ0v) is 12.6. The number of methoxy groups -OCH3 is 1. The molecule has 1 aromatic carbocycles. The first-order chi connectivity index (χ1) is 9.33. The Kier molecular flexibility index (Phi) is 5.52. The van der Waals surface area contributed by atoms with E-state index in [4.69, 9.17) is 10.5 Å². The van der Waals surface area contributed by atoms with Crippen molar-refractivity contribution in [3.63, 3.8) is 0 Å². The van der Waals surface area contributed by atoms with Gasteiger partial charge in [0.25, 0.3) is 0 Å². The zero-order chi connectivity index (χ0) is 15.3. The molecule has 0 heterocycles. The summed E-state index contributed by atoms with van der Waals surface area (Å²) >= 11 is 0. The van der Waals surface area contributed by atoms with Gasteiger partial charge in [-0.3, -0.25) is 4.79 Å². The summed E-state index contributed by atoms with van der Waals surface area (Å²) in [6.45, 7) is 3.62. The molecule has 20 heavy (non-hydrogen) atoms. The Hall–Kier alpha value is -1.60. The summed E-state index contributed by atoms with van der Waals surface area (Å²) in [5, 5.41) is 0. The summed E-state index contributed by atoms with van der Waals surface area (Å²) in [7, 11) is -2.49. The van der Waals surface area contributed by atoms with Gasteiger partial charge in [-0.1, -0.05) is 32.4 Å². The first-order valence-corrected chi connectivity index (χ1v) is 7.76.